The molecule has 0 amide bonds. The smallest absolute Gasteiger partial charge is 0.332 e. The van der Waals surface area contributed by atoms with Crippen molar-refractivity contribution >= 4 is 22.9 Å². The monoisotopic (exact) mass is 298 g/mol. The van der Waals surface area contributed by atoms with Gasteiger partial charge >= 0.3 is 5.69 Å². The summed E-state index contributed by atoms with van der Waals surface area (Å²) in [6.07, 6.45) is -0.461. The Bertz CT molecular complexity index is 757. The van der Waals surface area contributed by atoms with Gasteiger partial charge in [0.15, 0.2) is 16.3 Å². The first kappa shape index (κ1) is 14.9. The summed E-state index contributed by atoms with van der Waals surface area (Å²) in [7, 11) is 3.06. The molecule has 2 rings (SSSR count). The maximum Gasteiger partial charge on any atom is 0.332 e. The van der Waals surface area contributed by atoms with E-state index < -0.39 is 11.8 Å². The van der Waals surface area contributed by atoms with E-state index in [9.17, 15) is 14.7 Å². The van der Waals surface area contributed by atoms with Crippen molar-refractivity contribution in [3.05, 3.63) is 20.8 Å². The summed E-state index contributed by atoms with van der Waals surface area (Å²) in [5.41, 5.74) is 0.0647. The second kappa shape index (κ2) is 5.45. The number of hydrogen-bond donors (Lipinski definition) is 1. The summed E-state index contributed by atoms with van der Waals surface area (Å²) in [4.78, 5) is 28.6. The zero-order valence-corrected chi connectivity index (χ0v) is 12.8. The first-order valence-electron chi connectivity index (χ1n) is 6.35. The Labute approximate surface area is 119 Å². The third-order valence-electron chi connectivity index (χ3n) is 3.08. The Kier molecular flexibility index (Phi) is 4.05. The summed E-state index contributed by atoms with van der Waals surface area (Å²) in [5, 5.41) is 10.0. The number of thioether (sulfide) groups is 1. The Balaban J connectivity index is 2.75. The highest BCUT2D eigenvalue weighted by Crippen LogP contribution is 2.21. The topological polar surface area (TPSA) is 82.1 Å². The summed E-state index contributed by atoms with van der Waals surface area (Å²) in [6, 6.07) is 0. The first-order valence-corrected chi connectivity index (χ1v) is 7.34. The molecule has 2 aromatic heterocycles. The molecule has 0 unspecified atom stereocenters. The number of hydrogen-bond acceptors (Lipinski definition) is 5. The quantitative estimate of drug-likeness (QED) is 0.799. The summed E-state index contributed by atoms with van der Waals surface area (Å²) in [5.74, 6) is 0.484. The van der Waals surface area contributed by atoms with Crippen LogP contribution in [-0.2, 0) is 20.6 Å². The maximum atomic E-state index is 12.3. The molecule has 0 saturated carbocycles. The van der Waals surface area contributed by atoms with Crippen molar-refractivity contribution in [2.75, 3.05) is 5.75 Å². The standard InChI is InChI=1S/C12H18N4O3S/c1-5-16-8-9(13-11(16)20-6-7(2)17)14(3)12(19)15(4)10(8)18/h7,17H,5-6H2,1-4H3/t7-/m0/s1. The molecule has 2 aromatic rings. The molecule has 110 valence electrons. The fourth-order valence-electron chi connectivity index (χ4n) is 2.03. The van der Waals surface area contributed by atoms with Crippen molar-refractivity contribution in [1.29, 1.82) is 0 Å². The van der Waals surface area contributed by atoms with Gasteiger partial charge in [0.1, 0.15) is 0 Å². The Hall–Kier alpha value is -1.54. The highest BCUT2D eigenvalue weighted by atomic mass is 32.2. The van der Waals surface area contributed by atoms with Crippen LogP contribution < -0.4 is 11.2 Å². The van der Waals surface area contributed by atoms with Gasteiger partial charge in [0, 0.05) is 26.4 Å². The second-order valence-corrected chi connectivity index (χ2v) is 5.66. The highest BCUT2D eigenvalue weighted by molar-refractivity contribution is 7.99. The van der Waals surface area contributed by atoms with Crippen molar-refractivity contribution in [2.24, 2.45) is 14.1 Å². The zero-order valence-electron chi connectivity index (χ0n) is 12.0. The number of nitrogens with zero attached hydrogens (tertiary/aromatic N) is 4. The van der Waals surface area contributed by atoms with E-state index in [-0.39, 0.29) is 5.56 Å². The van der Waals surface area contributed by atoms with E-state index in [0.717, 1.165) is 4.57 Å². The molecule has 1 N–H and O–H groups in total. The predicted molar refractivity (Wildman–Crippen MR) is 78.3 cm³/mol. The number of aliphatic hydroxyl groups is 1. The molecule has 0 aliphatic heterocycles. The van der Waals surface area contributed by atoms with Gasteiger partial charge in [-0.25, -0.2) is 9.78 Å². The van der Waals surface area contributed by atoms with Crippen molar-refractivity contribution in [3.63, 3.8) is 0 Å². The van der Waals surface area contributed by atoms with Gasteiger partial charge in [-0.2, -0.15) is 0 Å². The third-order valence-corrected chi connectivity index (χ3v) is 4.30. The van der Waals surface area contributed by atoms with Crippen LogP contribution in [0.1, 0.15) is 13.8 Å². The molecule has 0 aliphatic rings. The van der Waals surface area contributed by atoms with Crippen LogP contribution in [0.2, 0.25) is 0 Å². The minimum Gasteiger partial charge on any atom is -0.393 e. The molecular formula is C12H18N4O3S. The second-order valence-electron chi connectivity index (χ2n) is 4.68. The van der Waals surface area contributed by atoms with E-state index in [2.05, 4.69) is 4.98 Å². The van der Waals surface area contributed by atoms with E-state index in [1.807, 2.05) is 6.92 Å². The lowest BCUT2D eigenvalue weighted by molar-refractivity contribution is 0.220. The van der Waals surface area contributed by atoms with Crippen LogP contribution in [0, 0.1) is 0 Å². The van der Waals surface area contributed by atoms with E-state index >= 15 is 0 Å². The molecule has 0 saturated heterocycles. The van der Waals surface area contributed by atoms with Crippen LogP contribution >= 0.6 is 11.8 Å². The van der Waals surface area contributed by atoms with E-state index in [0.29, 0.717) is 28.6 Å². The third kappa shape index (κ3) is 2.29. The van der Waals surface area contributed by atoms with Crippen molar-refractivity contribution in [1.82, 2.24) is 18.7 Å². The minimum atomic E-state index is -0.461. The van der Waals surface area contributed by atoms with Gasteiger partial charge in [0.25, 0.3) is 5.56 Å². The maximum absolute atomic E-state index is 12.3. The van der Waals surface area contributed by atoms with Crippen molar-refractivity contribution < 1.29 is 5.11 Å². The van der Waals surface area contributed by atoms with E-state index in [1.54, 1.807) is 18.5 Å². The van der Waals surface area contributed by atoms with Crippen LogP contribution in [0.15, 0.2) is 14.7 Å². The Morgan fingerprint density at radius 2 is 1.95 bits per heavy atom. The molecule has 0 spiro atoms. The van der Waals surface area contributed by atoms with Gasteiger partial charge in [-0.05, 0) is 13.8 Å². The van der Waals surface area contributed by atoms with Gasteiger partial charge in [-0.3, -0.25) is 13.9 Å². The predicted octanol–water partition coefficient (Wildman–Crippen LogP) is -0.0735. The van der Waals surface area contributed by atoms with Gasteiger partial charge < -0.3 is 9.67 Å². The van der Waals surface area contributed by atoms with Crippen LogP contribution in [0.25, 0.3) is 11.2 Å². The normalized spacial score (nSPS) is 13.1. The molecular weight excluding hydrogens is 280 g/mol. The van der Waals surface area contributed by atoms with E-state index in [4.69, 9.17) is 0 Å². The fraction of sp³-hybridized carbons (Fsp3) is 0.583. The van der Waals surface area contributed by atoms with Crippen LogP contribution in [0.5, 0.6) is 0 Å². The molecule has 1 atom stereocenters. The molecule has 7 nitrogen and oxygen atoms in total. The molecule has 0 radical (unpaired) electrons. The number of rotatable bonds is 4. The lowest BCUT2D eigenvalue weighted by atomic mass is 10.5. The first-order chi connectivity index (χ1) is 9.38. The fourth-order valence-corrected chi connectivity index (χ4v) is 2.94. The number of aliphatic hydroxyl groups excluding tert-OH is 1. The van der Waals surface area contributed by atoms with Crippen molar-refractivity contribution in [3.8, 4) is 0 Å². The van der Waals surface area contributed by atoms with Crippen molar-refractivity contribution in [2.45, 2.75) is 31.7 Å². The molecule has 0 fully saturated rings. The molecule has 0 aromatic carbocycles. The van der Waals surface area contributed by atoms with E-state index in [1.165, 1.54) is 23.4 Å². The van der Waals surface area contributed by atoms with Crippen LogP contribution in [0.3, 0.4) is 0 Å². The van der Waals surface area contributed by atoms with Crippen LogP contribution in [0.4, 0.5) is 0 Å². The molecule has 2 heterocycles. The molecule has 20 heavy (non-hydrogen) atoms. The lowest BCUT2D eigenvalue weighted by Crippen LogP contribution is -2.37. The average molecular weight is 298 g/mol. The van der Waals surface area contributed by atoms with Gasteiger partial charge in [0.2, 0.25) is 0 Å². The largest absolute Gasteiger partial charge is 0.393 e. The minimum absolute atomic E-state index is 0.346. The van der Waals surface area contributed by atoms with Gasteiger partial charge in [0.05, 0.1) is 6.10 Å². The number of fused-ring (bicyclic) bond motifs is 1. The highest BCUT2D eigenvalue weighted by Gasteiger charge is 2.18. The Morgan fingerprint density at radius 1 is 1.30 bits per heavy atom. The summed E-state index contributed by atoms with van der Waals surface area (Å²) >= 11 is 1.37. The summed E-state index contributed by atoms with van der Waals surface area (Å²) in [6.45, 7) is 4.19. The van der Waals surface area contributed by atoms with Gasteiger partial charge in [-0.15, -0.1) is 0 Å². The molecule has 0 aliphatic carbocycles. The lowest BCUT2D eigenvalue weighted by Gasteiger charge is -2.07. The zero-order chi connectivity index (χ0) is 15.0. The Morgan fingerprint density at radius 3 is 2.50 bits per heavy atom. The van der Waals surface area contributed by atoms with Crippen LogP contribution in [-0.4, -0.2) is 35.6 Å². The molecule has 8 heteroatoms. The number of aromatic nitrogens is 4. The number of imidazole rings is 1. The average Bonchev–Trinajstić information content (AvgIpc) is 2.79. The molecule has 0 bridgehead atoms. The van der Waals surface area contributed by atoms with Gasteiger partial charge in [-0.1, -0.05) is 11.8 Å². The SMILES string of the molecule is CCn1c(SC[C@H](C)O)nc2c1c(=O)n(C)c(=O)n2C. The number of aryl methyl sites for hydroxylation is 2. The summed E-state index contributed by atoms with van der Waals surface area (Å²) < 4.78 is 4.23.